The first kappa shape index (κ1) is 11.9. The second kappa shape index (κ2) is 4.75. The highest BCUT2D eigenvalue weighted by atomic mass is 35.5. The van der Waals surface area contributed by atoms with Gasteiger partial charge in [-0.1, -0.05) is 11.6 Å². The molecule has 5 heteroatoms. The summed E-state index contributed by atoms with van der Waals surface area (Å²) >= 11 is 6.01. The lowest BCUT2D eigenvalue weighted by molar-refractivity contribution is -0.119. The van der Waals surface area contributed by atoms with Crippen LogP contribution < -0.4 is 4.90 Å². The van der Waals surface area contributed by atoms with Gasteiger partial charge in [-0.15, -0.1) is 0 Å². The highest BCUT2D eigenvalue weighted by molar-refractivity contribution is 6.34. The number of benzene rings is 1. The maximum atomic E-state index is 11.7. The van der Waals surface area contributed by atoms with Crippen molar-refractivity contribution in [2.75, 3.05) is 11.4 Å². The van der Waals surface area contributed by atoms with E-state index in [2.05, 4.69) is 0 Å². The molecule has 4 nitrogen and oxygen atoms in total. The van der Waals surface area contributed by atoms with Crippen molar-refractivity contribution in [1.29, 1.82) is 0 Å². The third-order valence-electron chi connectivity index (χ3n) is 2.81. The van der Waals surface area contributed by atoms with E-state index >= 15 is 0 Å². The minimum Gasteiger partial charge on any atom is -0.478 e. The summed E-state index contributed by atoms with van der Waals surface area (Å²) in [6.45, 7) is 0.599. The van der Waals surface area contributed by atoms with Gasteiger partial charge < -0.3 is 10.0 Å². The van der Waals surface area contributed by atoms with Crippen LogP contribution >= 0.6 is 11.6 Å². The first-order chi connectivity index (χ1) is 8.09. The number of hydrogen-bond acceptors (Lipinski definition) is 2. The predicted molar refractivity (Wildman–Crippen MR) is 64.6 cm³/mol. The van der Waals surface area contributed by atoms with Crippen LogP contribution in [0.25, 0.3) is 0 Å². The number of piperidine rings is 1. The minimum absolute atomic E-state index is 0.000638. The number of carboxylic acids is 1. The molecule has 0 bridgehead atoms. The number of carboxylic acid groups (broad SMARTS) is 1. The molecule has 90 valence electrons. The van der Waals surface area contributed by atoms with Gasteiger partial charge >= 0.3 is 5.97 Å². The third kappa shape index (κ3) is 2.42. The molecule has 1 heterocycles. The van der Waals surface area contributed by atoms with Gasteiger partial charge in [0.2, 0.25) is 5.91 Å². The van der Waals surface area contributed by atoms with Gasteiger partial charge in [0.1, 0.15) is 0 Å². The highest BCUT2D eigenvalue weighted by Gasteiger charge is 2.22. The average molecular weight is 254 g/mol. The molecule has 1 aliphatic heterocycles. The summed E-state index contributed by atoms with van der Waals surface area (Å²) < 4.78 is 0. The molecular weight excluding hydrogens is 242 g/mol. The van der Waals surface area contributed by atoms with Crippen LogP contribution in [0.15, 0.2) is 18.2 Å². The summed E-state index contributed by atoms with van der Waals surface area (Å²) in [5.41, 5.74) is 0.638. The van der Waals surface area contributed by atoms with Crippen LogP contribution in [-0.2, 0) is 4.79 Å². The van der Waals surface area contributed by atoms with Crippen LogP contribution in [0.2, 0.25) is 5.02 Å². The smallest absolute Gasteiger partial charge is 0.335 e. The molecule has 1 aromatic carbocycles. The van der Waals surface area contributed by atoms with Crippen molar-refractivity contribution >= 4 is 29.2 Å². The molecule has 0 spiro atoms. The Bertz CT molecular complexity index is 473. The van der Waals surface area contributed by atoms with Crippen LogP contribution in [0, 0.1) is 0 Å². The molecule has 0 aromatic heterocycles. The molecule has 2 rings (SSSR count). The van der Waals surface area contributed by atoms with Gasteiger partial charge in [0, 0.05) is 13.0 Å². The van der Waals surface area contributed by atoms with Crippen molar-refractivity contribution < 1.29 is 14.7 Å². The van der Waals surface area contributed by atoms with Gasteiger partial charge in [-0.3, -0.25) is 4.79 Å². The molecule has 0 aliphatic carbocycles. The molecule has 0 atom stereocenters. The van der Waals surface area contributed by atoms with E-state index in [0.717, 1.165) is 12.8 Å². The van der Waals surface area contributed by atoms with E-state index in [1.54, 1.807) is 4.90 Å². The first-order valence-corrected chi connectivity index (χ1v) is 5.80. The van der Waals surface area contributed by atoms with Crippen LogP contribution in [0.3, 0.4) is 0 Å². The molecule has 0 radical (unpaired) electrons. The maximum Gasteiger partial charge on any atom is 0.335 e. The monoisotopic (exact) mass is 253 g/mol. The zero-order valence-electron chi connectivity index (χ0n) is 9.15. The summed E-state index contributed by atoms with van der Waals surface area (Å²) in [5, 5.41) is 9.33. The van der Waals surface area contributed by atoms with Crippen LogP contribution in [0.1, 0.15) is 29.6 Å². The lowest BCUT2D eigenvalue weighted by Gasteiger charge is -2.27. The lowest BCUT2D eigenvalue weighted by Crippen LogP contribution is -2.35. The highest BCUT2D eigenvalue weighted by Crippen LogP contribution is 2.29. The summed E-state index contributed by atoms with van der Waals surface area (Å²) in [6.07, 6.45) is 2.29. The number of halogens is 1. The number of anilines is 1. The van der Waals surface area contributed by atoms with E-state index in [9.17, 15) is 9.59 Å². The van der Waals surface area contributed by atoms with Crippen molar-refractivity contribution in [3.63, 3.8) is 0 Å². The summed E-state index contributed by atoms with van der Waals surface area (Å²) in [5.74, 6) is -1.02. The number of amides is 1. The molecular formula is C12H12ClNO3. The fourth-order valence-corrected chi connectivity index (χ4v) is 2.13. The Morgan fingerprint density at radius 1 is 1.35 bits per heavy atom. The van der Waals surface area contributed by atoms with E-state index in [-0.39, 0.29) is 11.5 Å². The van der Waals surface area contributed by atoms with E-state index < -0.39 is 5.97 Å². The van der Waals surface area contributed by atoms with E-state index in [4.69, 9.17) is 16.7 Å². The Hall–Kier alpha value is -1.55. The van der Waals surface area contributed by atoms with Crippen molar-refractivity contribution in [3.8, 4) is 0 Å². The number of carbonyl (C=O) groups excluding carboxylic acids is 1. The largest absolute Gasteiger partial charge is 0.478 e. The van der Waals surface area contributed by atoms with Crippen molar-refractivity contribution in [3.05, 3.63) is 28.8 Å². The van der Waals surface area contributed by atoms with Gasteiger partial charge in [-0.25, -0.2) is 4.79 Å². The van der Waals surface area contributed by atoms with Gasteiger partial charge in [-0.2, -0.15) is 0 Å². The molecule has 0 unspecified atom stereocenters. The lowest BCUT2D eigenvalue weighted by atomic mass is 10.1. The Labute approximate surface area is 104 Å². The number of nitrogens with zero attached hydrogens (tertiary/aromatic N) is 1. The van der Waals surface area contributed by atoms with Gasteiger partial charge in [-0.05, 0) is 31.0 Å². The standard InChI is InChI=1S/C12H12ClNO3/c13-9-5-4-8(12(16)17)7-10(9)14-6-2-1-3-11(14)15/h4-5,7H,1-3,6H2,(H,16,17). The second-order valence-corrected chi connectivity index (χ2v) is 4.38. The van der Waals surface area contributed by atoms with Crippen LogP contribution in [0.5, 0.6) is 0 Å². The maximum absolute atomic E-state index is 11.7. The molecule has 1 N–H and O–H groups in total. The summed E-state index contributed by atoms with van der Waals surface area (Å²) in [4.78, 5) is 24.2. The average Bonchev–Trinajstić information content (AvgIpc) is 2.30. The topological polar surface area (TPSA) is 57.6 Å². The quantitative estimate of drug-likeness (QED) is 0.881. The summed E-state index contributed by atoms with van der Waals surface area (Å²) in [7, 11) is 0. The summed E-state index contributed by atoms with van der Waals surface area (Å²) in [6, 6.07) is 4.40. The van der Waals surface area contributed by atoms with Gasteiger partial charge in [0.15, 0.2) is 0 Å². The van der Waals surface area contributed by atoms with Crippen molar-refractivity contribution in [1.82, 2.24) is 0 Å². The number of aromatic carboxylic acids is 1. The zero-order valence-corrected chi connectivity index (χ0v) is 9.91. The molecule has 1 fully saturated rings. The molecule has 17 heavy (non-hydrogen) atoms. The Morgan fingerprint density at radius 3 is 2.76 bits per heavy atom. The fourth-order valence-electron chi connectivity index (χ4n) is 1.91. The zero-order chi connectivity index (χ0) is 12.4. The Morgan fingerprint density at radius 2 is 2.12 bits per heavy atom. The number of hydrogen-bond donors (Lipinski definition) is 1. The van der Waals surface area contributed by atoms with E-state index in [1.165, 1.54) is 18.2 Å². The van der Waals surface area contributed by atoms with Gasteiger partial charge in [0.05, 0.1) is 16.3 Å². The molecule has 1 saturated heterocycles. The first-order valence-electron chi connectivity index (χ1n) is 5.43. The SMILES string of the molecule is O=C(O)c1ccc(Cl)c(N2CCCCC2=O)c1. The van der Waals surface area contributed by atoms with E-state index in [1.807, 2.05) is 0 Å². The molecule has 0 saturated carbocycles. The second-order valence-electron chi connectivity index (χ2n) is 3.97. The Balaban J connectivity index is 2.39. The third-order valence-corrected chi connectivity index (χ3v) is 3.13. The fraction of sp³-hybridized carbons (Fsp3) is 0.333. The Kier molecular flexibility index (Phi) is 3.33. The molecule has 1 aliphatic rings. The molecule has 1 amide bonds. The molecule has 1 aromatic rings. The number of carbonyl (C=O) groups is 2. The van der Waals surface area contributed by atoms with Crippen molar-refractivity contribution in [2.24, 2.45) is 0 Å². The van der Waals surface area contributed by atoms with Crippen LogP contribution in [-0.4, -0.2) is 23.5 Å². The van der Waals surface area contributed by atoms with Crippen LogP contribution in [0.4, 0.5) is 5.69 Å². The van der Waals surface area contributed by atoms with Crippen molar-refractivity contribution in [2.45, 2.75) is 19.3 Å². The number of rotatable bonds is 2. The predicted octanol–water partition coefficient (Wildman–Crippen LogP) is 2.56. The minimum atomic E-state index is -1.02. The van der Waals surface area contributed by atoms with E-state index in [0.29, 0.717) is 23.7 Å². The van der Waals surface area contributed by atoms with Gasteiger partial charge in [0.25, 0.3) is 0 Å². The normalized spacial score (nSPS) is 16.1.